The predicted molar refractivity (Wildman–Crippen MR) is 42.3 cm³/mol. The Balaban J connectivity index is 2.84. The van der Waals surface area contributed by atoms with Crippen LogP contribution in [0.1, 0.15) is 5.56 Å². The first-order chi connectivity index (χ1) is 5.33. The number of aryl methyl sites for hydroxylation is 1. The molecule has 0 N–H and O–H groups in total. The summed E-state index contributed by atoms with van der Waals surface area (Å²) in [6, 6.07) is 5.85. The molecule has 2 heteroatoms. The van der Waals surface area contributed by atoms with Crippen LogP contribution in [-0.4, -0.2) is 0 Å². The van der Waals surface area contributed by atoms with Gasteiger partial charge in [-0.1, -0.05) is 0 Å². The van der Waals surface area contributed by atoms with Gasteiger partial charge < -0.3 is 0 Å². The van der Waals surface area contributed by atoms with Gasteiger partial charge in [0.05, 0.1) is 6.07 Å². The van der Waals surface area contributed by atoms with Gasteiger partial charge in [0.2, 0.25) is 0 Å². The quantitative estimate of drug-likeness (QED) is 0.428. The average Bonchev–Trinajstić information content (AvgIpc) is 2.04. The highest BCUT2D eigenvalue weighted by Gasteiger charge is 1.89. The second-order valence-corrected chi connectivity index (χ2v) is 2.26. The number of allylic oxidation sites excluding steroid dienone is 1. The topological polar surface area (TPSA) is 27.7 Å². The van der Waals surface area contributed by atoms with Gasteiger partial charge in [-0.3, -0.25) is 0 Å². The highest BCUT2D eigenvalue weighted by atomic mass is 14.9. The van der Waals surface area contributed by atoms with Crippen LogP contribution in [-0.2, 0) is 7.05 Å². The molecule has 1 aromatic rings. The van der Waals surface area contributed by atoms with Crippen molar-refractivity contribution in [3.63, 3.8) is 0 Å². The standard InChI is InChI=1S/C9H9N2/c1-11-7-4-9(5-8-11)3-2-6-10/h2-5,7-8H,1H3/q+1. The third-order valence-electron chi connectivity index (χ3n) is 1.35. The van der Waals surface area contributed by atoms with E-state index in [1.54, 1.807) is 6.08 Å². The van der Waals surface area contributed by atoms with Crippen molar-refractivity contribution in [2.75, 3.05) is 0 Å². The fourth-order valence-electron chi connectivity index (χ4n) is 0.757. The lowest BCUT2D eigenvalue weighted by Gasteiger charge is -1.87. The second kappa shape index (κ2) is 3.52. The Kier molecular flexibility index (Phi) is 2.40. The third kappa shape index (κ3) is 2.23. The van der Waals surface area contributed by atoms with Crippen LogP contribution in [0.15, 0.2) is 30.6 Å². The van der Waals surface area contributed by atoms with Gasteiger partial charge in [0.25, 0.3) is 0 Å². The number of pyridine rings is 1. The summed E-state index contributed by atoms with van der Waals surface area (Å²) in [5.41, 5.74) is 1.05. The summed E-state index contributed by atoms with van der Waals surface area (Å²) < 4.78 is 1.95. The molecular formula is C9H9N2+. The van der Waals surface area contributed by atoms with Gasteiger partial charge in [0, 0.05) is 18.2 Å². The smallest absolute Gasteiger partial charge is 0.169 e. The van der Waals surface area contributed by atoms with E-state index in [0.29, 0.717) is 0 Å². The average molecular weight is 145 g/mol. The highest BCUT2D eigenvalue weighted by molar-refractivity contribution is 5.50. The Hall–Kier alpha value is -1.62. The number of nitrogens with zero attached hydrogens (tertiary/aromatic N) is 2. The van der Waals surface area contributed by atoms with Crippen LogP contribution < -0.4 is 4.57 Å². The normalized spacial score (nSPS) is 9.82. The molecule has 0 saturated heterocycles. The highest BCUT2D eigenvalue weighted by Crippen LogP contribution is 1.96. The van der Waals surface area contributed by atoms with Gasteiger partial charge in [-0.05, 0) is 11.6 Å². The van der Waals surface area contributed by atoms with Crippen molar-refractivity contribution in [2.45, 2.75) is 0 Å². The van der Waals surface area contributed by atoms with Crippen molar-refractivity contribution in [3.05, 3.63) is 36.2 Å². The van der Waals surface area contributed by atoms with Crippen LogP contribution in [0, 0.1) is 11.3 Å². The summed E-state index contributed by atoms with van der Waals surface area (Å²) >= 11 is 0. The van der Waals surface area contributed by atoms with Gasteiger partial charge >= 0.3 is 0 Å². The maximum atomic E-state index is 8.24. The maximum Gasteiger partial charge on any atom is 0.169 e. The monoisotopic (exact) mass is 145 g/mol. The number of nitriles is 1. The van der Waals surface area contributed by atoms with Crippen LogP contribution in [0.3, 0.4) is 0 Å². The minimum atomic E-state index is 1.05. The Bertz CT molecular complexity index is 290. The molecule has 11 heavy (non-hydrogen) atoms. The summed E-state index contributed by atoms with van der Waals surface area (Å²) in [4.78, 5) is 0. The Labute approximate surface area is 66.0 Å². The van der Waals surface area contributed by atoms with Gasteiger partial charge in [-0.25, -0.2) is 4.57 Å². The lowest BCUT2D eigenvalue weighted by Crippen LogP contribution is -2.25. The molecule has 54 valence electrons. The van der Waals surface area contributed by atoms with Gasteiger partial charge in [0.15, 0.2) is 12.4 Å². The van der Waals surface area contributed by atoms with Gasteiger partial charge in [0.1, 0.15) is 7.05 Å². The molecule has 0 atom stereocenters. The minimum absolute atomic E-state index is 1.05. The largest absolute Gasteiger partial charge is 0.208 e. The van der Waals surface area contributed by atoms with E-state index in [0.717, 1.165) is 5.56 Å². The first-order valence-corrected chi connectivity index (χ1v) is 3.34. The Morgan fingerprint density at radius 2 is 2.09 bits per heavy atom. The van der Waals surface area contributed by atoms with E-state index in [1.807, 2.05) is 42.2 Å². The lowest BCUT2D eigenvalue weighted by atomic mass is 10.2. The zero-order chi connectivity index (χ0) is 8.10. The molecule has 1 heterocycles. The Morgan fingerprint density at radius 3 is 2.64 bits per heavy atom. The van der Waals surface area contributed by atoms with E-state index in [4.69, 9.17) is 5.26 Å². The van der Waals surface area contributed by atoms with E-state index in [2.05, 4.69) is 0 Å². The molecule has 0 amide bonds. The molecule has 1 aromatic heterocycles. The van der Waals surface area contributed by atoms with Crippen molar-refractivity contribution in [1.82, 2.24) is 0 Å². The molecule has 0 aliphatic carbocycles. The van der Waals surface area contributed by atoms with E-state index in [9.17, 15) is 0 Å². The molecule has 0 radical (unpaired) electrons. The van der Waals surface area contributed by atoms with Crippen LogP contribution in [0.4, 0.5) is 0 Å². The predicted octanol–water partition coefficient (Wildman–Crippen LogP) is 1.05. The maximum absolute atomic E-state index is 8.24. The van der Waals surface area contributed by atoms with Crippen LogP contribution in [0.25, 0.3) is 6.08 Å². The first-order valence-electron chi connectivity index (χ1n) is 3.34. The fraction of sp³-hybridized carbons (Fsp3) is 0.111. The van der Waals surface area contributed by atoms with Gasteiger partial charge in [-0.15, -0.1) is 0 Å². The molecule has 0 aliphatic rings. The molecule has 0 spiro atoms. The molecule has 0 saturated carbocycles. The van der Waals surface area contributed by atoms with E-state index in [1.165, 1.54) is 6.08 Å². The third-order valence-corrected chi connectivity index (χ3v) is 1.35. The molecule has 1 rings (SSSR count). The minimum Gasteiger partial charge on any atom is -0.208 e. The molecule has 2 nitrogen and oxygen atoms in total. The summed E-state index contributed by atoms with van der Waals surface area (Å²) in [6.07, 6.45) is 7.13. The van der Waals surface area contributed by atoms with E-state index in [-0.39, 0.29) is 0 Å². The first kappa shape index (κ1) is 7.49. The number of rotatable bonds is 1. The van der Waals surface area contributed by atoms with Crippen molar-refractivity contribution in [1.29, 1.82) is 5.26 Å². The summed E-state index contributed by atoms with van der Waals surface area (Å²) in [5.74, 6) is 0. The molecule has 0 aromatic carbocycles. The number of hydrogen-bond acceptors (Lipinski definition) is 1. The Morgan fingerprint density at radius 1 is 1.45 bits per heavy atom. The lowest BCUT2D eigenvalue weighted by molar-refractivity contribution is -0.671. The summed E-state index contributed by atoms with van der Waals surface area (Å²) in [5, 5.41) is 8.24. The SMILES string of the molecule is C[n+]1ccc(C=CC#N)cc1. The summed E-state index contributed by atoms with van der Waals surface area (Å²) in [6.45, 7) is 0. The number of aromatic nitrogens is 1. The number of hydrogen-bond donors (Lipinski definition) is 0. The zero-order valence-electron chi connectivity index (χ0n) is 6.36. The fourth-order valence-corrected chi connectivity index (χ4v) is 0.757. The van der Waals surface area contributed by atoms with Crippen molar-refractivity contribution < 1.29 is 4.57 Å². The van der Waals surface area contributed by atoms with Gasteiger partial charge in [-0.2, -0.15) is 5.26 Å². The molecule has 0 fully saturated rings. The van der Waals surface area contributed by atoms with Crippen molar-refractivity contribution in [2.24, 2.45) is 7.05 Å². The zero-order valence-corrected chi connectivity index (χ0v) is 6.36. The van der Waals surface area contributed by atoms with Crippen molar-refractivity contribution in [3.8, 4) is 6.07 Å². The molecule has 0 aliphatic heterocycles. The van der Waals surface area contributed by atoms with Crippen LogP contribution in [0.5, 0.6) is 0 Å². The van der Waals surface area contributed by atoms with Crippen LogP contribution >= 0.6 is 0 Å². The van der Waals surface area contributed by atoms with Crippen LogP contribution in [0.2, 0.25) is 0 Å². The molecular weight excluding hydrogens is 136 g/mol. The molecule has 0 unspecified atom stereocenters. The van der Waals surface area contributed by atoms with E-state index >= 15 is 0 Å². The second-order valence-electron chi connectivity index (χ2n) is 2.26. The summed E-state index contributed by atoms with van der Waals surface area (Å²) in [7, 11) is 1.96. The molecule has 0 bridgehead atoms. The van der Waals surface area contributed by atoms with E-state index < -0.39 is 0 Å². The van der Waals surface area contributed by atoms with Crippen molar-refractivity contribution >= 4 is 6.08 Å².